The Morgan fingerprint density at radius 1 is 1.53 bits per heavy atom. The van der Waals surface area contributed by atoms with Gasteiger partial charge in [-0.25, -0.2) is 10.8 Å². The molecule has 1 aromatic heterocycles. The van der Waals surface area contributed by atoms with E-state index in [1.165, 1.54) is 0 Å². The van der Waals surface area contributed by atoms with Gasteiger partial charge in [0.2, 0.25) is 0 Å². The largest absolute Gasteiger partial charge is 0.380 e. The molecule has 82 valence electrons. The van der Waals surface area contributed by atoms with Gasteiger partial charge in [-0.3, -0.25) is 0 Å². The number of hydrogen-bond donors (Lipinski definition) is 3. The monoisotopic (exact) mass is 208 g/mol. The first-order valence-corrected chi connectivity index (χ1v) is 5.15. The number of hydrazine groups is 1. The maximum atomic E-state index is 5.39. The number of rotatable bonds is 3. The number of pyridine rings is 1. The van der Waals surface area contributed by atoms with Crippen LogP contribution in [0.2, 0.25) is 0 Å². The van der Waals surface area contributed by atoms with E-state index in [9.17, 15) is 0 Å². The zero-order chi connectivity index (χ0) is 10.5. The van der Waals surface area contributed by atoms with Gasteiger partial charge in [-0.2, -0.15) is 0 Å². The Labute approximate surface area is 89.0 Å². The second kappa shape index (κ2) is 4.95. The highest BCUT2D eigenvalue weighted by Crippen LogP contribution is 2.15. The van der Waals surface area contributed by atoms with Crippen molar-refractivity contribution >= 4 is 11.5 Å². The molecule has 5 heteroatoms. The first-order valence-electron chi connectivity index (χ1n) is 5.15. The fraction of sp³-hybridized carbons (Fsp3) is 0.500. The van der Waals surface area contributed by atoms with E-state index in [1.807, 2.05) is 12.1 Å². The standard InChI is InChI=1S/C10H16N4O/c11-14-10-6-8(3-4-12-10)13-9-2-1-5-15-7-9/h3-4,6,9H,1-2,5,7,11H2,(H2,12,13,14). The Kier molecular flexibility index (Phi) is 3.37. The Morgan fingerprint density at radius 2 is 2.47 bits per heavy atom. The first kappa shape index (κ1) is 10.2. The second-order valence-corrected chi connectivity index (χ2v) is 3.63. The van der Waals surface area contributed by atoms with Gasteiger partial charge >= 0.3 is 0 Å². The maximum Gasteiger partial charge on any atom is 0.141 e. The zero-order valence-electron chi connectivity index (χ0n) is 8.57. The fourth-order valence-electron chi connectivity index (χ4n) is 1.69. The highest BCUT2D eigenvalue weighted by Gasteiger charge is 2.13. The molecular weight excluding hydrogens is 192 g/mol. The van der Waals surface area contributed by atoms with Crippen molar-refractivity contribution in [1.82, 2.24) is 4.98 Å². The summed E-state index contributed by atoms with van der Waals surface area (Å²) in [5.41, 5.74) is 3.54. The maximum absolute atomic E-state index is 5.39. The summed E-state index contributed by atoms with van der Waals surface area (Å²) in [5, 5.41) is 3.40. The Hall–Kier alpha value is -1.33. The lowest BCUT2D eigenvalue weighted by Gasteiger charge is -2.24. The lowest BCUT2D eigenvalue weighted by Crippen LogP contribution is -2.30. The van der Waals surface area contributed by atoms with E-state index in [0.717, 1.165) is 31.7 Å². The van der Waals surface area contributed by atoms with Crippen molar-refractivity contribution in [2.45, 2.75) is 18.9 Å². The molecule has 1 unspecified atom stereocenters. The molecule has 0 radical (unpaired) electrons. The smallest absolute Gasteiger partial charge is 0.141 e. The average Bonchev–Trinajstić information content (AvgIpc) is 2.31. The van der Waals surface area contributed by atoms with E-state index in [4.69, 9.17) is 10.6 Å². The topological polar surface area (TPSA) is 72.2 Å². The minimum Gasteiger partial charge on any atom is -0.380 e. The summed E-state index contributed by atoms with van der Waals surface area (Å²) >= 11 is 0. The van der Waals surface area contributed by atoms with Gasteiger partial charge in [0.25, 0.3) is 0 Å². The highest BCUT2D eigenvalue weighted by molar-refractivity contribution is 5.51. The van der Waals surface area contributed by atoms with Gasteiger partial charge in [-0.15, -0.1) is 0 Å². The molecule has 0 amide bonds. The molecule has 0 aliphatic carbocycles. The van der Waals surface area contributed by atoms with Gasteiger partial charge in [0.15, 0.2) is 0 Å². The quantitative estimate of drug-likeness (QED) is 0.509. The van der Waals surface area contributed by atoms with Crippen LogP contribution in [0.4, 0.5) is 11.5 Å². The minimum atomic E-state index is 0.395. The van der Waals surface area contributed by atoms with Crippen molar-refractivity contribution < 1.29 is 4.74 Å². The van der Waals surface area contributed by atoms with Crippen LogP contribution < -0.4 is 16.6 Å². The molecule has 0 bridgehead atoms. The van der Waals surface area contributed by atoms with Crippen LogP contribution in [0.5, 0.6) is 0 Å². The summed E-state index contributed by atoms with van der Waals surface area (Å²) in [7, 11) is 0. The van der Waals surface area contributed by atoms with Crippen LogP contribution in [0.15, 0.2) is 18.3 Å². The molecule has 1 aromatic rings. The van der Waals surface area contributed by atoms with Crippen LogP contribution in [-0.4, -0.2) is 24.2 Å². The highest BCUT2D eigenvalue weighted by atomic mass is 16.5. The molecule has 0 saturated carbocycles. The lowest BCUT2D eigenvalue weighted by molar-refractivity contribution is 0.0876. The third-order valence-corrected chi connectivity index (χ3v) is 2.44. The molecule has 5 nitrogen and oxygen atoms in total. The van der Waals surface area contributed by atoms with Gasteiger partial charge in [0.05, 0.1) is 6.61 Å². The molecule has 1 fully saturated rings. The predicted molar refractivity (Wildman–Crippen MR) is 59.5 cm³/mol. The molecule has 0 aromatic carbocycles. The van der Waals surface area contributed by atoms with Crippen LogP contribution in [-0.2, 0) is 4.74 Å². The van der Waals surface area contributed by atoms with Gasteiger partial charge in [0.1, 0.15) is 5.82 Å². The van der Waals surface area contributed by atoms with Crippen molar-refractivity contribution in [3.63, 3.8) is 0 Å². The van der Waals surface area contributed by atoms with E-state index in [2.05, 4.69) is 15.7 Å². The van der Waals surface area contributed by atoms with Gasteiger partial charge in [0, 0.05) is 30.6 Å². The van der Waals surface area contributed by atoms with Crippen molar-refractivity contribution in [2.24, 2.45) is 5.84 Å². The molecule has 1 aliphatic rings. The normalized spacial score (nSPS) is 21.0. The van der Waals surface area contributed by atoms with Crippen LogP contribution in [0.25, 0.3) is 0 Å². The number of nitrogen functional groups attached to an aromatic ring is 1. The van der Waals surface area contributed by atoms with E-state index in [0.29, 0.717) is 11.9 Å². The van der Waals surface area contributed by atoms with Crippen molar-refractivity contribution in [3.05, 3.63) is 18.3 Å². The number of anilines is 2. The predicted octanol–water partition coefficient (Wildman–Crippen LogP) is 0.958. The van der Waals surface area contributed by atoms with Gasteiger partial charge in [-0.1, -0.05) is 0 Å². The molecule has 15 heavy (non-hydrogen) atoms. The zero-order valence-corrected chi connectivity index (χ0v) is 8.57. The fourth-order valence-corrected chi connectivity index (χ4v) is 1.69. The van der Waals surface area contributed by atoms with Crippen molar-refractivity contribution in [3.8, 4) is 0 Å². The second-order valence-electron chi connectivity index (χ2n) is 3.63. The molecule has 2 rings (SSSR count). The number of hydrogen-bond acceptors (Lipinski definition) is 5. The summed E-state index contributed by atoms with van der Waals surface area (Å²) in [6, 6.07) is 4.20. The van der Waals surface area contributed by atoms with E-state index >= 15 is 0 Å². The van der Waals surface area contributed by atoms with Crippen LogP contribution in [0.1, 0.15) is 12.8 Å². The first-order chi connectivity index (χ1) is 7.38. The third-order valence-electron chi connectivity index (χ3n) is 2.44. The number of nitrogens with one attached hydrogen (secondary N) is 2. The number of ether oxygens (including phenoxy) is 1. The van der Waals surface area contributed by atoms with Gasteiger partial charge in [-0.05, 0) is 18.9 Å². The summed E-state index contributed by atoms with van der Waals surface area (Å²) in [6.07, 6.45) is 3.99. The summed E-state index contributed by atoms with van der Waals surface area (Å²) < 4.78 is 5.39. The molecule has 4 N–H and O–H groups in total. The Balaban J connectivity index is 1.96. The van der Waals surface area contributed by atoms with Crippen molar-refractivity contribution in [2.75, 3.05) is 24.0 Å². The Bertz CT molecular complexity index is 312. The Morgan fingerprint density at radius 3 is 3.20 bits per heavy atom. The summed E-state index contributed by atoms with van der Waals surface area (Å²) in [4.78, 5) is 4.04. The molecule has 1 atom stereocenters. The van der Waals surface area contributed by atoms with Crippen LogP contribution in [0.3, 0.4) is 0 Å². The lowest BCUT2D eigenvalue weighted by atomic mass is 10.1. The number of nitrogens with two attached hydrogens (primary N) is 1. The third kappa shape index (κ3) is 2.81. The molecular formula is C10H16N4O. The van der Waals surface area contributed by atoms with Crippen LogP contribution in [0, 0.1) is 0 Å². The van der Waals surface area contributed by atoms with Crippen molar-refractivity contribution in [1.29, 1.82) is 0 Å². The van der Waals surface area contributed by atoms with Crippen LogP contribution >= 0.6 is 0 Å². The minimum absolute atomic E-state index is 0.395. The summed E-state index contributed by atoms with van der Waals surface area (Å²) in [6.45, 7) is 1.65. The number of aromatic nitrogens is 1. The summed E-state index contributed by atoms with van der Waals surface area (Å²) in [5.74, 6) is 5.95. The van der Waals surface area contributed by atoms with E-state index in [-0.39, 0.29) is 0 Å². The van der Waals surface area contributed by atoms with Gasteiger partial charge < -0.3 is 15.5 Å². The van der Waals surface area contributed by atoms with E-state index < -0.39 is 0 Å². The number of nitrogens with zero attached hydrogens (tertiary/aromatic N) is 1. The molecule has 1 aliphatic heterocycles. The molecule has 1 saturated heterocycles. The average molecular weight is 208 g/mol. The molecule has 2 heterocycles. The van der Waals surface area contributed by atoms with E-state index in [1.54, 1.807) is 6.20 Å². The molecule has 0 spiro atoms. The SMILES string of the molecule is NNc1cc(NC2CCCOC2)ccn1.